The Bertz CT molecular complexity index is 608. The molecule has 0 aromatic heterocycles. The van der Waals surface area contributed by atoms with Crippen LogP contribution in [0.4, 0.5) is 4.79 Å². The molecule has 21 heavy (non-hydrogen) atoms. The van der Waals surface area contributed by atoms with Crippen molar-refractivity contribution in [2.45, 2.75) is 26.7 Å². The van der Waals surface area contributed by atoms with Gasteiger partial charge in [-0.3, -0.25) is 14.5 Å². The average Bonchev–Trinajstić information content (AvgIpc) is 2.42. The molecule has 0 unspecified atom stereocenters. The van der Waals surface area contributed by atoms with E-state index in [2.05, 4.69) is 15.9 Å². The Balaban J connectivity index is 2.31. The van der Waals surface area contributed by atoms with E-state index in [-0.39, 0.29) is 23.3 Å². The maximum atomic E-state index is 11.9. The molecule has 0 radical (unpaired) electrons. The number of benzene rings is 1. The van der Waals surface area contributed by atoms with Crippen LogP contribution in [0.5, 0.6) is 5.75 Å². The number of imide groups is 1. The summed E-state index contributed by atoms with van der Waals surface area (Å²) in [5.41, 5.74) is 1.69. The molecule has 1 saturated heterocycles. The van der Waals surface area contributed by atoms with Gasteiger partial charge in [-0.2, -0.15) is 0 Å². The van der Waals surface area contributed by atoms with Crippen LogP contribution < -0.4 is 0 Å². The van der Waals surface area contributed by atoms with Crippen molar-refractivity contribution in [1.82, 2.24) is 4.90 Å². The molecule has 1 aliphatic heterocycles. The lowest BCUT2D eigenvalue weighted by Crippen LogP contribution is -2.37. The van der Waals surface area contributed by atoms with Gasteiger partial charge in [0.25, 0.3) is 5.24 Å². The molecule has 0 spiro atoms. The van der Waals surface area contributed by atoms with Crippen LogP contribution in [0.1, 0.15) is 31.4 Å². The van der Waals surface area contributed by atoms with E-state index >= 15 is 0 Å². The highest BCUT2D eigenvalue weighted by Gasteiger charge is 2.28. The number of hydrogen-bond donors (Lipinski definition) is 1. The number of phenolic OH excluding ortho intramolecular Hbond substituents is 1. The number of phenols is 1. The van der Waals surface area contributed by atoms with Crippen molar-refractivity contribution in [3.05, 3.63) is 32.6 Å². The largest absolute Gasteiger partial charge is 0.506 e. The van der Waals surface area contributed by atoms with Gasteiger partial charge < -0.3 is 5.11 Å². The number of halogens is 1. The number of thioether (sulfide) groups is 1. The van der Waals surface area contributed by atoms with E-state index in [9.17, 15) is 14.7 Å². The van der Waals surface area contributed by atoms with E-state index < -0.39 is 0 Å². The minimum Gasteiger partial charge on any atom is -0.506 e. The summed E-state index contributed by atoms with van der Waals surface area (Å²) in [7, 11) is 0. The summed E-state index contributed by atoms with van der Waals surface area (Å²) in [5.74, 6) is 0.0707. The highest BCUT2D eigenvalue weighted by molar-refractivity contribution is 9.10. The summed E-state index contributed by atoms with van der Waals surface area (Å²) in [6, 6.07) is 3.65. The number of aryl methyl sites for hydroxylation is 1. The Morgan fingerprint density at radius 3 is 2.67 bits per heavy atom. The third-order valence-corrected chi connectivity index (χ3v) is 4.78. The molecule has 0 aliphatic carbocycles. The molecule has 112 valence electrons. The lowest BCUT2D eigenvalue weighted by atomic mass is 10.1. The third-order valence-electron chi connectivity index (χ3n) is 3.25. The zero-order chi connectivity index (χ0) is 15.6. The maximum absolute atomic E-state index is 11.9. The number of nitrogens with zero attached hydrogens (tertiary/aromatic N) is 1. The van der Waals surface area contributed by atoms with Crippen LogP contribution in [0, 0.1) is 0 Å². The molecule has 6 heteroatoms. The van der Waals surface area contributed by atoms with E-state index in [1.165, 1.54) is 4.90 Å². The fourth-order valence-corrected chi connectivity index (χ4v) is 3.63. The lowest BCUT2D eigenvalue weighted by molar-refractivity contribution is -0.127. The number of rotatable bonds is 3. The van der Waals surface area contributed by atoms with Crippen molar-refractivity contribution in [3.63, 3.8) is 0 Å². The Labute approximate surface area is 136 Å². The van der Waals surface area contributed by atoms with Gasteiger partial charge >= 0.3 is 0 Å². The lowest BCUT2D eigenvalue weighted by Gasteiger charge is -2.24. The van der Waals surface area contributed by atoms with Crippen LogP contribution in [0.15, 0.2) is 21.5 Å². The molecule has 0 saturated carbocycles. The van der Waals surface area contributed by atoms with Crippen LogP contribution in [-0.4, -0.2) is 27.7 Å². The predicted octanol–water partition coefficient (Wildman–Crippen LogP) is 4.16. The number of hydrogen-bond acceptors (Lipinski definition) is 4. The maximum Gasteiger partial charge on any atom is 0.292 e. The molecule has 1 aliphatic rings. The summed E-state index contributed by atoms with van der Waals surface area (Å²) in [6.45, 7) is 4.15. The number of amides is 2. The first kappa shape index (κ1) is 16.1. The van der Waals surface area contributed by atoms with Gasteiger partial charge in [-0.05, 0) is 70.4 Å². The van der Waals surface area contributed by atoms with Gasteiger partial charge in [-0.1, -0.05) is 6.92 Å². The molecule has 1 heterocycles. The van der Waals surface area contributed by atoms with Gasteiger partial charge in [0.2, 0.25) is 5.91 Å². The SMILES string of the molecule is CCc1cc(/C=C2/CC(=O)N(CC)C(=O)S2)cc(Br)c1O. The minimum atomic E-state index is -0.228. The Morgan fingerprint density at radius 2 is 2.10 bits per heavy atom. The average molecular weight is 370 g/mol. The van der Waals surface area contributed by atoms with Crippen molar-refractivity contribution in [3.8, 4) is 5.75 Å². The van der Waals surface area contributed by atoms with Gasteiger partial charge in [0.05, 0.1) is 10.9 Å². The predicted molar refractivity (Wildman–Crippen MR) is 88.2 cm³/mol. The van der Waals surface area contributed by atoms with Gasteiger partial charge in [0.15, 0.2) is 0 Å². The molecule has 2 rings (SSSR count). The zero-order valence-corrected chi connectivity index (χ0v) is 14.3. The topological polar surface area (TPSA) is 57.6 Å². The fourth-order valence-electron chi connectivity index (χ4n) is 2.15. The summed E-state index contributed by atoms with van der Waals surface area (Å²) in [4.78, 5) is 25.7. The smallest absolute Gasteiger partial charge is 0.292 e. The van der Waals surface area contributed by atoms with Crippen LogP contribution in [-0.2, 0) is 11.2 Å². The zero-order valence-electron chi connectivity index (χ0n) is 11.9. The third kappa shape index (κ3) is 3.49. The van der Waals surface area contributed by atoms with Crippen molar-refractivity contribution in [2.24, 2.45) is 0 Å². The van der Waals surface area contributed by atoms with Crippen LogP contribution in [0.25, 0.3) is 6.08 Å². The number of carbonyl (C=O) groups is 2. The molecule has 0 atom stereocenters. The quantitative estimate of drug-likeness (QED) is 0.868. The molecular formula is C15H16BrNO3S. The second-order valence-electron chi connectivity index (χ2n) is 4.66. The molecule has 4 nitrogen and oxygen atoms in total. The van der Waals surface area contributed by atoms with E-state index in [1.807, 2.05) is 19.1 Å². The minimum absolute atomic E-state index is 0.166. The van der Waals surface area contributed by atoms with Crippen LogP contribution >= 0.6 is 27.7 Å². The monoisotopic (exact) mass is 369 g/mol. The molecule has 1 fully saturated rings. The van der Waals surface area contributed by atoms with Gasteiger partial charge in [0, 0.05) is 11.4 Å². The van der Waals surface area contributed by atoms with Gasteiger partial charge in [-0.25, -0.2) is 0 Å². The van der Waals surface area contributed by atoms with Crippen LogP contribution in [0.3, 0.4) is 0 Å². The Hall–Kier alpha value is -1.27. The van der Waals surface area contributed by atoms with Crippen LogP contribution in [0.2, 0.25) is 0 Å². The van der Waals surface area contributed by atoms with Crippen molar-refractivity contribution < 1.29 is 14.7 Å². The van der Waals surface area contributed by atoms with E-state index in [0.29, 0.717) is 17.4 Å². The van der Waals surface area contributed by atoms with Crippen molar-refractivity contribution >= 4 is 44.9 Å². The summed E-state index contributed by atoms with van der Waals surface area (Å²) < 4.78 is 0.613. The second kappa shape index (κ2) is 6.66. The fraction of sp³-hybridized carbons (Fsp3) is 0.333. The first-order chi connectivity index (χ1) is 9.96. The molecule has 1 aromatic carbocycles. The van der Waals surface area contributed by atoms with E-state index in [1.54, 1.807) is 13.0 Å². The Kier molecular flexibility index (Phi) is 5.11. The van der Waals surface area contributed by atoms with Gasteiger partial charge in [0.1, 0.15) is 5.75 Å². The summed E-state index contributed by atoms with van der Waals surface area (Å²) in [6.07, 6.45) is 2.77. The van der Waals surface area contributed by atoms with Crippen molar-refractivity contribution in [1.29, 1.82) is 0 Å². The molecule has 0 bridgehead atoms. The van der Waals surface area contributed by atoms with E-state index in [0.717, 1.165) is 27.8 Å². The van der Waals surface area contributed by atoms with E-state index in [4.69, 9.17) is 0 Å². The molecule has 2 amide bonds. The second-order valence-corrected chi connectivity index (χ2v) is 6.59. The van der Waals surface area contributed by atoms with Crippen molar-refractivity contribution in [2.75, 3.05) is 6.54 Å². The Morgan fingerprint density at radius 1 is 1.38 bits per heavy atom. The van der Waals surface area contributed by atoms with Gasteiger partial charge in [-0.15, -0.1) is 0 Å². The number of aromatic hydroxyl groups is 1. The first-order valence-electron chi connectivity index (χ1n) is 6.70. The first-order valence-corrected chi connectivity index (χ1v) is 8.31. The number of carbonyl (C=O) groups excluding carboxylic acids is 2. The molecular weight excluding hydrogens is 354 g/mol. The summed E-state index contributed by atoms with van der Waals surface area (Å²) >= 11 is 4.41. The molecule has 1 N–H and O–H groups in total. The standard InChI is InChI=1S/C15H16BrNO3S/c1-3-10-5-9(7-12(16)14(10)19)6-11-8-13(18)17(4-2)15(20)21-11/h5-7,19H,3-4,8H2,1-2H3/b11-6-. The highest BCUT2D eigenvalue weighted by Crippen LogP contribution is 2.34. The molecule has 1 aromatic rings. The summed E-state index contributed by atoms with van der Waals surface area (Å²) in [5, 5.41) is 9.66. The normalized spacial score (nSPS) is 17.7. The highest BCUT2D eigenvalue weighted by atomic mass is 79.9.